The minimum atomic E-state index is -1.15. The van der Waals surface area contributed by atoms with Gasteiger partial charge in [-0.1, -0.05) is 32.9 Å². The number of benzene rings is 2. The molecule has 4 N–H and O–H groups in total. The normalized spacial score (nSPS) is 14.4. The van der Waals surface area contributed by atoms with Crippen LogP contribution in [0.3, 0.4) is 0 Å². The van der Waals surface area contributed by atoms with Gasteiger partial charge in [0.1, 0.15) is 17.3 Å². The van der Waals surface area contributed by atoms with E-state index in [2.05, 4.69) is 59.9 Å². The highest BCUT2D eigenvalue weighted by Gasteiger charge is 2.25. The molecule has 0 saturated carbocycles. The van der Waals surface area contributed by atoms with E-state index in [1.54, 1.807) is 12.3 Å². The fraction of sp³-hybridized carbons (Fsp3) is 0.345. The number of imidazole rings is 1. The van der Waals surface area contributed by atoms with Crippen LogP contribution in [0.15, 0.2) is 54.7 Å². The Morgan fingerprint density at radius 3 is 2.66 bits per heavy atom. The summed E-state index contributed by atoms with van der Waals surface area (Å²) in [6.45, 7) is 8.31. The van der Waals surface area contributed by atoms with Crippen molar-refractivity contribution in [2.24, 2.45) is 7.05 Å². The molecule has 38 heavy (non-hydrogen) atoms. The SMILES string of the molecule is Cn1c(Nc2cccc(C(C)(C)C)c2)nc2cc(Oc3ccnc(NC(=O)O)c3C3CCNCC3)ccc21. The van der Waals surface area contributed by atoms with Crippen LogP contribution >= 0.6 is 0 Å². The first-order valence-corrected chi connectivity index (χ1v) is 12.9. The first-order valence-electron chi connectivity index (χ1n) is 12.9. The van der Waals surface area contributed by atoms with Gasteiger partial charge in [-0.15, -0.1) is 0 Å². The first-order chi connectivity index (χ1) is 18.2. The second kappa shape index (κ2) is 10.3. The van der Waals surface area contributed by atoms with E-state index in [1.807, 2.05) is 35.9 Å². The monoisotopic (exact) mass is 514 g/mol. The first kappa shape index (κ1) is 25.5. The number of nitrogens with one attached hydrogen (secondary N) is 3. The van der Waals surface area contributed by atoms with Crippen molar-refractivity contribution < 1.29 is 14.6 Å². The second-order valence-corrected chi connectivity index (χ2v) is 10.7. The molecule has 2 aromatic heterocycles. The minimum Gasteiger partial charge on any atom is -0.465 e. The Morgan fingerprint density at radius 2 is 1.92 bits per heavy atom. The van der Waals surface area contributed by atoms with Gasteiger partial charge in [0.2, 0.25) is 5.95 Å². The third-order valence-electron chi connectivity index (χ3n) is 6.99. The van der Waals surface area contributed by atoms with E-state index in [0.29, 0.717) is 17.3 Å². The molecule has 9 nitrogen and oxygen atoms in total. The van der Waals surface area contributed by atoms with E-state index in [0.717, 1.165) is 54.2 Å². The van der Waals surface area contributed by atoms with Crippen molar-refractivity contribution in [2.45, 2.75) is 44.9 Å². The van der Waals surface area contributed by atoms with Crippen LogP contribution in [-0.4, -0.2) is 38.8 Å². The van der Waals surface area contributed by atoms with Crippen LogP contribution in [0.5, 0.6) is 11.5 Å². The number of pyridine rings is 1. The fourth-order valence-electron chi connectivity index (χ4n) is 4.92. The van der Waals surface area contributed by atoms with Gasteiger partial charge in [0.25, 0.3) is 0 Å². The summed E-state index contributed by atoms with van der Waals surface area (Å²) in [7, 11) is 1.98. The van der Waals surface area contributed by atoms with Crippen molar-refractivity contribution in [1.82, 2.24) is 19.9 Å². The quantitative estimate of drug-likeness (QED) is 0.237. The maximum atomic E-state index is 11.4. The van der Waals surface area contributed by atoms with Gasteiger partial charge < -0.3 is 25.0 Å². The van der Waals surface area contributed by atoms with Gasteiger partial charge in [0, 0.05) is 30.6 Å². The van der Waals surface area contributed by atoms with Crippen molar-refractivity contribution in [3.05, 3.63) is 65.9 Å². The Morgan fingerprint density at radius 1 is 1.13 bits per heavy atom. The van der Waals surface area contributed by atoms with E-state index in [9.17, 15) is 9.90 Å². The van der Waals surface area contributed by atoms with Crippen molar-refractivity contribution in [2.75, 3.05) is 23.7 Å². The van der Waals surface area contributed by atoms with Gasteiger partial charge in [-0.3, -0.25) is 5.32 Å². The lowest BCUT2D eigenvalue weighted by molar-refractivity contribution is 0.209. The molecule has 1 amide bonds. The molecule has 0 aliphatic carbocycles. The van der Waals surface area contributed by atoms with E-state index >= 15 is 0 Å². The minimum absolute atomic E-state index is 0.0517. The Balaban J connectivity index is 1.45. The number of fused-ring (bicyclic) bond motifs is 1. The number of piperidine rings is 1. The molecular formula is C29H34N6O3. The van der Waals surface area contributed by atoms with Crippen molar-refractivity contribution in [1.29, 1.82) is 0 Å². The number of hydrogen-bond donors (Lipinski definition) is 4. The maximum absolute atomic E-state index is 11.4. The van der Waals surface area contributed by atoms with E-state index < -0.39 is 6.09 Å². The predicted molar refractivity (Wildman–Crippen MR) is 150 cm³/mol. The average molecular weight is 515 g/mol. The molecule has 198 valence electrons. The van der Waals surface area contributed by atoms with Gasteiger partial charge >= 0.3 is 6.09 Å². The molecule has 0 unspecified atom stereocenters. The number of amides is 1. The zero-order valence-corrected chi connectivity index (χ0v) is 22.2. The van der Waals surface area contributed by atoms with Crippen molar-refractivity contribution in [3.8, 4) is 11.5 Å². The van der Waals surface area contributed by atoms with Crippen LogP contribution in [0.25, 0.3) is 11.0 Å². The highest BCUT2D eigenvalue weighted by atomic mass is 16.5. The summed E-state index contributed by atoms with van der Waals surface area (Å²) < 4.78 is 8.37. The fourth-order valence-corrected chi connectivity index (χ4v) is 4.92. The zero-order chi connectivity index (χ0) is 26.9. The molecule has 1 fully saturated rings. The highest BCUT2D eigenvalue weighted by molar-refractivity contribution is 5.84. The molecule has 9 heteroatoms. The summed E-state index contributed by atoms with van der Waals surface area (Å²) in [5.74, 6) is 2.42. The van der Waals surface area contributed by atoms with Crippen LogP contribution in [0.2, 0.25) is 0 Å². The summed E-state index contributed by atoms with van der Waals surface area (Å²) in [4.78, 5) is 20.6. The summed E-state index contributed by atoms with van der Waals surface area (Å²) in [6.07, 6.45) is 2.17. The van der Waals surface area contributed by atoms with Gasteiger partial charge in [0.05, 0.1) is 11.0 Å². The number of carboxylic acid groups (broad SMARTS) is 1. The Bertz CT molecular complexity index is 1470. The van der Waals surface area contributed by atoms with Gasteiger partial charge in [-0.05, 0) is 73.2 Å². The largest absolute Gasteiger partial charge is 0.465 e. The van der Waals surface area contributed by atoms with E-state index in [-0.39, 0.29) is 11.3 Å². The second-order valence-electron chi connectivity index (χ2n) is 10.7. The lowest BCUT2D eigenvalue weighted by Gasteiger charge is -2.26. The predicted octanol–water partition coefficient (Wildman–Crippen LogP) is 6.36. The van der Waals surface area contributed by atoms with Gasteiger partial charge in [0.15, 0.2) is 0 Å². The number of rotatable bonds is 6. The Labute approximate surface area is 222 Å². The standard InChI is InChI=1S/C29H34N6O3/c1-29(2,3)19-6-5-7-20(16-19)32-27-33-22-17-21(8-9-23(22)35(27)4)38-24-12-15-31-26(34-28(36)37)25(24)18-10-13-30-14-11-18/h5-9,12,15-18,30H,10-11,13-14H2,1-4H3,(H,31,34)(H,32,33)(H,36,37). The number of hydrogen-bond acceptors (Lipinski definition) is 6. The van der Waals surface area contributed by atoms with Crippen LogP contribution in [-0.2, 0) is 12.5 Å². The summed E-state index contributed by atoms with van der Waals surface area (Å²) in [5, 5.41) is 18.6. The summed E-state index contributed by atoms with van der Waals surface area (Å²) >= 11 is 0. The molecule has 0 spiro atoms. The van der Waals surface area contributed by atoms with E-state index in [1.165, 1.54) is 5.56 Å². The third kappa shape index (κ3) is 5.43. The molecule has 2 aromatic carbocycles. The topological polar surface area (TPSA) is 113 Å². The number of anilines is 3. The van der Waals surface area contributed by atoms with E-state index in [4.69, 9.17) is 9.72 Å². The molecule has 0 atom stereocenters. The summed E-state index contributed by atoms with van der Waals surface area (Å²) in [5.41, 5.74) is 4.83. The molecule has 5 rings (SSSR count). The van der Waals surface area contributed by atoms with Gasteiger partial charge in [-0.2, -0.15) is 0 Å². The number of aryl methyl sites for hydroxylation is 1. The van der Waals surface area contributed by atoms with Crippen LogP contribution in [0, 0.1) is 0 Å². The van der Waals surface area contributed by atoms with Crippen molar-refractivity contribution >= 4 is 34.6 Å². The molecule has 0 bridgehead atoms. The molecule has 4 aromatic rings. The molecule has 1 aliphatic rings. The maximum Gasteiger partial charge on any atom is 0.410 e. The Hall–Kier alpha value is -4.11. The molecule has 3 heterocycles. The lowest BCUT2D eigenvalue weighted by Crippen LogP contribution is -2.27. The number of ether oxygens (including phenoxy) is 1. The number of nitrogens with zero attached hydrogens (tertiary/aromatic N) is 3. The van der Waals surface area contributed by atoms with Crippen LogP contribution in [0.1, 0.15) is 50.7 Å². The number of aromatic nitrogens is 3. The number of carbonyl (C=O) groups is 1. The van der Waals surface area contributed by atoms with Crippen LogP contribution in [0.4, 0.5) is 22.2 Å². The van der Waals surface area contributed by atoms with Crippen LogP contribution < -0.4 is 20.7 Å². The Kier molecular flexibility index (Phi) is 6.94. The molecule has 1 saturated heterocycles. The lowest BCUT2D eigenvalue weighted by atomic mass is 9.87. The third-order valence-corrected chi connectivity index (χ3v) is 6.99. The highest BCUT2D eigenvalue weighted by Crippen LogP contribution is 2.39. The molecular weight excluding hydrogens is 480 g/mol. The van der Waals surface area contributed by atoms with Gasteiger partial charge in [-0.25, -0.2) is 14.8 Å². The summed E-state index contributed by atoms with van der Waals surface area (Å²) in [6, 6.07) is 16.0. The molecule has 0 radical (unpaired) electrons. The smallest absolute Gasteiger partial charge is 0.410 e. The average Bonchev–Trinajstić information content (AvgIpc) is 3.18. The van der Waals surface area contributed by atoms with Crippen molar-refractivity contribution in [3.63, 3.8) is 0 Å². The zero-order valence-electron chi connectivity index (χ0n) is 22.2. The molecule has 1 aliphatic heterocycles.